The van der Waals surface area contributed by atoms with Gasteiger partial charge < -0.3 is 19.0 Å². The van der Waals surface area contributed by atoms with E-state index in [4.69, 9.17) is 9.15 Å². The highest BCUT2D eigenvalue weighted by Crippen LogP contribution is 2.22. The van der Waals surface area contributed by atoms with Crippen molar-refractivity contribution in [2.45, 2.75) is 51.1 Å². The highest BCUT2D eigenvalue weighted by molar-refractivity contribution is 5.96. The molecule has 7 nitrogen and oxygen atoms in total. The van der Waals surface area contributed by atoms with Gasteiger partial charge in [-0.3, -0.25) is 9.59 Å². The number of nitrogens with one attached hydrogen (secondary N) is 1. The van der Waals surface area contributed by atoms with Crippen LogP contribution in [0.1, 0.15) is 64.7 Å². The Morgan fingerprint density at radius 2 is 1.85 bits per heavy atom. The fraction of sp³-hybridized carbons (Fsp3) is 0.346. The topological polar surface area (TPSA) is 90.5 Å². The number of ether oxygens (including phenoxy) is 1. The van der Waals surface area contributed by atoms with E-state index in [1.165, 1.54) is 25.5 Å². The van der Waals surface area contributed by atoms with E-state index in [2.05, 4.69) is 5.32 Å². The van der Waals surface area contributed by atoms with Crippen LogP contribution in [0, 0.1) is 5.82 Å². The molecule has 1 amide bonds. The summed E-state index contributed by atoms with van der Waals surface area (Å²) in [6.07, 6.45) is 6.93. The lowest BCUT2D eigenvalue weighted by molar-refractivity contribution is -0.143. The summed E-state index contributed by atoms with van der Waals surface area (Å²) in [4.78, 5) is 39.1. The molecule has 0 spiro atoms. The third-order valence-corrected chi connectivity index (χ3v) is 6.14. The van der Waals surface area contributed by atoms with Gasteiger partial charge in [-0.1, -0.05) is 25.0 Å². The quantitative estimate of drug-likeness (QED) is 0.556. The molecule has 0 radical (unpaired) electrons. The van der Waals surface area contributed by atoms with Crippen LogP contribution in [0.3, 0.4) is 0 Å². The number of fused-ring (bicyclic) bond motifs is 1. The minimum Gasteiger partial charge on any atom is -0.467 e. The number of halogens is 1. The van der Waals surface area contributed by atoms with E-state index in [1.807, 2.05) is 0 Å². The summed E-state index contributed by atoms with van der Waals surface area (Å²) in [7, 11) is 1.21. The van der Waals surface area contributed by atoms with Crippen molar-refractivity contribution in [1.82, 2.24) is 9.88 Å². The Hall–Kier alpha value is -3.68. The molecular formula is C26H27FN2O5. The zero-order chi connectivity index (χ0) is 24.1. The predicted octanol–water partition coefficient (Wildman–Crippen LogP) is 3.93. The number of furan rings is 1. The molecule has 1 unspecified atom stereocenters. The Kier molecular flexibility index (Phi) is 7.25. The largest absolute Gasteiger partial charge is 0.467 e. The molecule has 0 saturated carbocycles. The molecule has 8 heteroatoms. The number of carbonyl (C=O) groups is 2. The van der Waals surface area contributed by atoms with E-state index in [0.29, 0.717) is 0 Å². The van der Waals surface area contributed by atoms with Gasteiger partial charge in [0.15, 0.2) is 6.04 Å². The first-order valence-corrected chi connectivity index (χ1v) is 11.4. The van der Waals surface area contributed by atoms with Gasteiger partial charge in [-0.15, -0.1) is 0 Å². The van der Waals surface area contributed by atoms with E-state index in [9.17, 15) is 18.8 Å². The zero-order valence-electron chi connectivity index (χ0n) is 19.0. The standard InChI is InChI=1S/C26H27FN2O5/c1-33-26(32)23(22-9-6-14-34-22)28-24(30)20-15-18-7-4-2-3-5-8-21(18)29(25(20)31)16-17-10-12-19(27)13-11-17/h6,9-15,23H,2-5,7-8,16H2,1H3,(H,28,30). The van der Waals surface area contributed by atoms with Crippen LogP contribution in [0.4, 0.5) is 4.39 Å². The summed E-state index contributed by atoms with van der Waals surface area (Å²) < 4.78 is 25.1. The maximum Gasteiger partial charge on any atom is 0.336 e. The molecule has 3 aromatic rings. The number of hydrogen-bond acceptors (Lipinski definition) is 5. The van der Waals surface area contributed by atoms with Crippen LogP contribution in [-0.4, -0.2) is 23.6 Å². The molecule has 1 N–H and O–H groups in total. The fourth-order valence-corrected chi connectivity index (χ4v) is 4.36. The maximum absolute atomic E-state index is 13.5. The lowest BCUT2D eigenvalue weighted by Crippen LogP contribution is -2.39. The number of pyridine rings is 1. The highest BCUT2D eigenvalue weighted by Gasteiger charge is 2.29. The van der Waals surface area contributed by atoms with Crippen LogP contribution in [0.15, 0.2) is 57.9 Å². The fourth-order valence-electron chi connectivity index (χ4n) is 4.36. The first-order valence-electron chi connectivity index (χ1n) is 11.4. The van der Waals surface area contributed by atoms with Gasteiger partial charge in [0.2, 0.25) is 0 Å². The van der Waals surface area contributed by atoms with Gasteiger partial charge in [-0.2, -0.15) is 0 Å². The van der Waals surface area contributed by atoms with E-state index < -0.39 is 23.5 Å². The van der Waals surface area contributed by atoms with Gasteiger partial charge in [0.25, 0.3) is 11.5 Å². The average Bonchev–Trinajstić information content (AvgIpc) is 3.35. The number of nitrogens with zero attached hydrogens (tertiary/aromatic N) is 1. The minimum absolute atomic E-state index is 0.0538. The summed E-state index contributed by atoms with van der Waals surface area (Å²) in [5.41, 5.74) is 2.10. The van der Waals surface area contributed by atoms with Crippen molar-refractivity contribution in [2.75, 3.05) is 7.11 Å². The van der Waals surface area contributed by atoms with E-state index in [0.717, 1.165) is 55.3 Å². The molecule has 178 valence electrons. The first-order chi connectivity index (χ1) is 16.5. The van der Waals surface area contributed by atoms with E-state index >= 15 is 0 Å². The van der Waals surface area contributed by atoms with Crippen molar-refractivity contribution >= 4 is 11.9 Å². The van der Waals surface area contributed by atoms with Crippen molar-refractivity contribution in [2.24, 2.45) is 0 Å². The first kappa shape index (κ1) is 23.5. The van der Waals surface area contributed by atoms with Gasteiger partial charge in [0.05, 0.1) is 19.9 Å². The number of benzene rings is 1. The molecule has 34 heavy (non-hydrogen) atoms. The number of esters is 1. The molecule has 0 fully saturated rings. The van der Waals surface area contributed by atoms with Crippen molar-refractivity contribution in [1.29, 1.82) is 0 Å². The molecule has 0 bridgehead atoms. The second kappa shape index (κ2) is 10.5. The smallest absolute Gasteiger partial charge is 0.336 e. The number of rotatable bonds is 6. The number of methoxy groups -OCH3 is 1. The van der Waals surface area contributed by atoms with Crippen molar-refractivity contribution in [3.05, 3.63) is 93.0 Å². The summed E-state index contributed by atoms with van der Waals surface area (Å²) >= 11 is 0. The van der Waals surface area contributed by atoms with Gasteiger partial charge in [-0.25, -0.2) is 9.18 Å². The Morgan fingerprint density at radius 3 is 2.53 bits per heavy atom. The zero-order valence-corrected chi connectivity index (χ0v) is 19.0. The molecule has 2 heterocycles. The lowest BCUT2D eigenvalue weighted by Gasteiger charge is -2.22. The summed E-state index contributed by atoms with van der Waals surface area (Å²) in [6.45, 7) is 0.223. The molecule has 1 aliphatic carbocycles. The molecule has 0 aliphatic heterocycles. The third kappa shape index (κ3) is 5.11. The van der Waals surface area contributed by atoms with Gasteiger partial charge >= 0.3 is 5.97 Å². The van der Waals surface area contributed by atoms with Gasteiger partial charge in [-0.05, 0) is 67.1 Å². The average molecular weight is 467 g/mol. The Morgan fingerprint density at radius 1 is 1.12 bits per heavy atom. The van der Waals surface area contributed by atoms with Gasteiger partial charge in [0, 0.05) is 5.69 Å². The molecule has 4 rings (SSSR count). The number of aryl methyl sites for hydroxylation is 1. The lowest BCUT2D eigenvalue weighted by atomic mass is 9.95. The Labute approximate surface area is 196 Å². The second-order valence-electron chi connectivity index (χ2n) is 8.41. The highest BCUT2D eigenvalue weighted by atomic mass is 19.1. The van der Waals surface area contributed by atoms with E-state index in [-0.39, 0.29) is 23.7 Å². The SMILES string of the molecule is COC(=O)C(NC(=O)c1cc2c(n(Cc3ccc(F)cc3)c1=O)CCCCCC2)c1ccco1. The van der Waals surface area contributed by atoms with E-state index in [1.54, 1.807) is 34.9 Å². The van der Waals surface area contributed by atoms with Crippen LogP contribution in [0.2, 0.25) is 0 Å². The summed E-state index contributed by atoms with van der Waals surface area (Å²) in [5, 5.41) is 2.59. The summed E-state index contributed by atoms with van der Waals surface area (Å²) in [6, 6.07) is 9.58. The van der Waals surface area contributed by atoms with Crippen molar-refractivity contribution < 1.29 is 23.1 Å². The monoisotopic (exact) mass is 466 g/mol. The molecule has 1 aliphatic rings. The molecule has 1 atom stereocenters. The van der Waals surface area contributed by atoms with Crippen LogP contribution in [0.25, 0.3) is 0 Å². The maximum atomic E-state index is 13.5. The van der Waals surface area contributed by atoms with Crippen molar-refractivity contribution in [3.63, 3.8) is 0 Å². The molecule has 0 saturated heterocycles. The summed E-state index contributed by atoms with van der Waals surface area (Å²) in [5.74, 6) is -1.54. The number of carbonyl (C=O) groups excluding carboxylic acids is 2. The van der Waals surface area contributed by atoms with Crippen molar-refractivity contribution in [3.8, 4) is 0 Å². The van der Waals surface area contributed by atoms with Gasteiger partial charge in [0.1, 0.15) is 17.1 Å². The second-order valence-corrected chi connectivity index (χ2v) is 8.41. The number of aromatic nitrogens is 1. The Balaban J connectivity index is 1.75. The normalized spacial score (nSPS) is 14.4. The van der Waals surface area contributed by atoms with Crippen LogP contribution in [0.5, 0.6) is 0 Å². The minimum atomic E-state index is -1.18. The predicted molar refractivity (Wildman–Crippen MR) is 123 cm³/mol. The van der Waals surface area contributed by atoms with Crippen LogP contribution < -0.4 is 10.9 Å². The number of hydrogen-bond donors (Lipinski definition) is 1. The third-order valence-electron chi connectivity index (χ3n) is 6.14. The molecular weight excluding hydrogens is 439 g/mol. The molecule has 2 aromatic heterocycles. The number of amides is 1. The Bertz CT molecular complexity index is 1220. The van der Waals surface area contributed by atoms with Crippen LogP contribution in [-0.2, 0) is 28.9 Å². The van der Waals surface area contributed by atoms with Crippen LogP contribution >= 0.6 is 0 Å². The molecule has 1 aromatic carbocycles.